The number of hydrogen-bond acceptors (Lipinski definition) is 2. The molecule has 2 nitrogen and oxygen atoms in total. The predicted octanol–water partition coefficient (Wildman–Crippen LogP) is 3.51. The van der Waals surface area contributed by atoms with Crippen LogP contribution < -0.4 is 0 Å². The van der Waals surface area contributed by atoms with Crippen LogP contribution in [0.1, 0.15) is 20.8 Å². The van der Waals surface area contributed by atoms with E-state index in [0.29, 0.717) is 0 Å². The van der Waals surface area contributed by atoms with Gasteiger partial charge in [-0.15, -0.1) is 6.58 Å². The van der Waals surface area contributed by atoms with Crippen molar-refractivity contribution in [3.05, 3.63) is 37.0 Å². The monoisotopic (exact) mass is 262 g/mol. The first-order chi connectivity index (χ1) is 7.34. The Bertz CT molecular complexity index is 368. The maximum Gasteiger partial charge on any atom is 0.235 e. The number of rotatable bonds is 6. The van der Waals surface area contributed by atoms with Gasteiger partial charge >= 0.3 is 0 Å². The van der Waals surface area contributed by atoms with Crippen LogP contribution in [0.4, 0.5) is 0 Å². The second kappa shape index (κ2) is 6.92. The average Bonchev–Trinajstić information content (AvgIpc) is 2.21. The molecule has 0 aliphatic carbocycles. The minimum atomic E-state index is -3.52. The smallest absolute Gasteiger partial charge is 0.212 e. The van der Waals surface area contributed by atoms with Gasteiger partial charge in [0.05, 0.1) is 5.25 Å². The summed E-state index contributed by atoms with van der Waals surface area (Å²) < 4.78 is 22.4. The van der Waals surface area contributed by atoms with Crippen molar-refractivity contribution in [3.8, 4) is 0 Å². The highest BCUT2D eigenvalue weighted by molar-refractivity contribution is 8.14. The van der Waals surface area contributed by atoms with Crippen molar-refractivity contribution in [1.82, 2.24) is 0 Å². The van der Waals surface area contributed by atoms with Crippen LogP contribution in [0.15, 0.2) is 37.0 Å². The van der Waals surface area contributed by atoms with Gasteiger partial charge in [0.15, 0.2) is 0 Å². The van der Waals surface area contributed by atoms with Crippen molar-refractivity contribution in [1.29, 1.82) is 0 Å². The number of allylic oxidation sites excluding steroid dienone is 5. The summed E-state index contributed by atoms with van der Waals surface area (Å²) in [6.07, 6.45) is 9.35. The summed E-state index contributed by atoms with van der Waals surface area (Å²) in [5.74, 6) is -0.0961. The molecule has 3 atom stereocenters. The van der Waals surface area contributed by atoms with Crippen molar-refractivity contribution in [2.24, 2.45) is 11.8 Å². The molecule has 0 heterocycles. The summed E-state index contributed by atoms with van der Waals surface area (Å²) in [7, 11) is 1.83. The van der Waals surface area contributed by atoms with Crippen LogP contribution in [-0.2, 0) is 9.05 Å². The van der Waals surface area contributed by atoms with Crippen molar-refractivity contribution in [2.45, 2.75) is 26.0 Å². The van der Waals surface area contributed by atoms with Gasteiger partial charge in [0.1, 0.15) is 0 Å². The molecule has 0 amide bonds. The fraction of sp³-hybridized carbons (Fsp3) is 0.500. The second-order valence-electron chi connectivity index (χ2n) is 3.76. The third-order valence-electron chi connectivity index (χ3n) is 2.70. The molecule has 0 radical (unpaired) electrons. The van der Waals surface area contributed by atoms with Crippen molar-refractivity contribution >= 4 is 19.7 Å². The Morgan fingerprint density at radius 2 is 1.81 bits per heavy atom. The fourth-order valence-electron chi connectivity index (χ4n) is 1.34. The van der Waals surface area contributed by atoms with E-state index in [0.717, 1.165) is 0 Å². The molecule has 16 heavy (non-hydrogen) atoms. The van der Waals surface area contributed by atoms with E-state index in [1.807, 2.05) is 38.2 Å². The molecule has 0 aliphatic rings. The Morgan fingerprint density at radius 3 is 2.19 bits per heavy atom. The zero-order chi connectivity index (χ0) is 12.8. The van der Waals surface area contributed by atoms with E-state index >= 15 is 0 Å². The Balaban J connectivity index is 4.78. The molecule has 0 saturated heterocycles. The zero-order valence-corrected chi connectivity index (χ0v) is 11.5. The molecular weight excluding hydrogens is 244 g/mol. The Kier molecular flexibility index (Phi) is 6.68. The Labute approximate surface area is 103 Å². The molecule has 0 aliphatic heterocycles. The third kappa shape index (κ3) is 4.99. The van der Waals surface area contributed by atoms with Gasteiger partial charge < -0.3 is 0 Å². The summed E-state index contributed by atoms with van der Waals surface area (Å²) >= 11 is 0. The molecular formula is C12H19ClO2S. The van der Waals surface area contributed by atoms with E-state index in [9.17, 15) is 8.42 Å². The highest BCUT2D eigenvalue weighted by atomic mass is 35.7. The van der Waals surface area contributed by atoms with E-state index in [1.54, 1.807) is 13.0 Å². The second-order valence-corrected chi connectivity index (χ2v) is 6.75. The molecule has 0 rings (SSSR count). The summed E-state index contributed by atoms with van der Waals surface area (Å²) in [5, 5.41) is -0.590. The minimum absolute atomic E-state index is 0.000255. The standard InChI is InChI=1S/C12H19ClO2S/c1-5-7-8-9-12(6-2)10(3)11(4)16(13,14)15/h5-12H,2H2,1,3-4H3/b7-5-,9-8-/t10?,11-,12?/m1/s1. The molecule has 0 saturated carbocycles. The SMILES string of the molecule is C=CC(/C=C\C=C/C)C(C)[C@@H](C)S(=O)(=O)Cl. The fourth-order valence-corrected chi connectivity index (χ4v) is 2.52. The van der Waals surface area contributed by atoms with Crippen molar-refractivity contribution < 1.29 is 8.42 Å². The molecule has 92 valence electrons. The molecule has 0 aromatic rings. The first-order valence-corrected chi connectivity index (χ1v) is 7.57. The van der Waals surface area contributed by atoms with Gasteiger partial charge in [-0.05, 0) is 25.7 Å². The van der Waals surface area contributed by atoms with E-state index in [4.69, 9.17) is 10.7 Å². The highest BCUT2D eigenvalue weighted by Crippen LogP contribution is 2.25. The topological polar surface area (TPSA) is 34.1 Å². The van der Waals surface area contributed by atoms with Crippen LogP contribution in [0.3, 0.4) is 0 Å². The maximum absolute atomic E-state index is 11.2. The van der Waals surface area contributed by atoms with Crippen LogP contribution in [-0.4, -0.2) is 13.7 Å². The lowest BCUT2D eigenvalue weighted by molar-refractivity contribution is 0.473. The van der Waals surface area contributed by atoms with Gasteiger partial charge in [-0.25, -0.2) is 8.42 Å². The normalized spacial score (nSPS) is 18.8. The minimum Gasteiger partial charge on any atom is -0.212 e. The largest absolute Gasteiger partial charge is 0.235 e. The number of halogens is 1. The average molecular weight is 263 g/mol. The molecule has 0 fully saturated rings. The first kappa shape index (κ1) is 15.5. The quantitative estimate of drug-likeness (QED) is 0.417. The summed E-state index contributed by atoms with van der Waals surface area (Å²) in [6, 6.07) is 0. The Hall–Kier alpha value is -0.540. The molecule has 4 heteroatoms. The lowest BCUT2D eigenvalue weighted by atomic mass is 9.91. The molecule has 0 aromatic carbocycles. The molecule has 0 spiro atoms. The molecule has 0 N–H and O–H groups in total. The third-order valence-corrected chi connectivity index (χ3v) is 4.86. The van der Waals surface area contributed by atoms with Crippen molar-refractivity contribution in [3.63, 3.8) is 0 Å². The van der Waals surface area contributed by atoms with Gasteiger partial charge in [-0.1, -0.05) is 37.3 Å². The van der Waals surface area contributed by atoms with E-state index in [2.05, 4.69) is 6.58 Å². The summed E-state index contributed by atoms with van der Waals surface area (Å²) in [5.41, 5.74) is 0. The molecule has 0 aromatic heterocycles. The van der Waals surface area contributed by atoms with Crippen LogP contribution >= 0.6 is 10.7 Å². The zero-order valence-electron chi connectivity index (χ0n) is 9.93. The van der Waals surface area contributed by atoms with E-state index < -0.39 is 14.3 Å². The maximum atomic E-state index is 11.2. The summed E-state index contributed by atoms with van der Waals surface area (Å²) in [4.78, 5) is 0. The van der Waals surface area contributed by atoms with Crippen LogP contribution in [0, 0.1) is 11.8 Å². The van der Waals surface area contributed by atoms with Crippen LogP contribution in [0.5, 0.6) is 0 Å². The van der Waals surface area contributed by atoms with Gasteiger partial charge in [0.25, 0.3) is 0 Å². The highest BCUT2D eigenvalue weighted by Gasteiger charge is 2.27. The summed E-state index contributed by atoms with van der Waals surface area (Å²) in [6.45, 7) is 9.11. The number of hydrogen-bond donors (Lipinski definition) is 0. The molecule has 0 bridgehead atoms. The van der Waals surface area contributed by atoms with Gasteiger partial charge in [0, 0.05) is 10.7 Å². The van der Waals surface area contributed by atoms with Crippen LogP contribution in [0.2, 0.25) is 0 Å². The molecule has 2 unspecified atom stereocenters. The Morgan fingerprint density at radius 1 is 1.25 bits per heavy atom. The van der Waals surface area contributed by atoms with Crippen molar-refractivity contribution in [2.75, 3.05) is 0 Å². The first-order valence-electron chi connectivity index (χ1n) is 5.20. The predicted molar refractivity (Wildman–Crippen MR) is 71.0 cm³/mol. The lowest BCUT2D eigenvalue weighted by Crippen LogP contribution is -2.25. The van der Waals surface area contributed by atoms with Crippen LogP contribution in [0.25, 0.3) is 0 Å². The van der Waals surface area contributed by atoms with E-state index in [-0.39, 0.29) is 11.8 Å². The van der Waals surface area contributed by atoms with Gasteiger partial charge in [-0.3, -0.25) is 0 Å². The van der Waals surface area contributed by atoms with Gasteiger partial charge in [0.2, 0.25) is 9.05 Å². The lowest BCUT2D eigenvalue weighted by Gasteiger charge is -2.21. The van der Waals surface area contributed by atoms with E-state index in [1.165, 1.54) is 0 Å². The van der Waals surface area contributed by atoms with Gasteiger partial charge in [-0.2, -0.15) is 0 Å².